The summed E-state index contributed by atoms with van der Waals surface area (Å²) < 4.78 is 4.75. The summed E-state index contributed by atoms with van der Waals surface area (Å²) in [6.07, 6.45) is 5.30. The van der Waals surface area contributed by atoms with Crippen LogP contribution in [0.5, 0.6) is 0 Å². The van der Waals surface area contributed by atoms with Gasteiger partial charge in [-0.25, -0.2) is 4.79 Å². The van der Waals surface area contributed by atoms with Crippen LogP contribution in [-0.4, -0.2) is 56.8 Å². The Hall–Kier alpha value is -0.730. The molecule has 0 saturated carbocycles. The maximum absolute atomic E-state index is 11.4. The van der Waals surface area contributed by atoms with E-state index in [0.717, 1.165) is 44.4 Å². The van der Waals surface area contributed by atoms with Gasteiger partial charge in [0.05, 0.1) is 7.11 Å². The molecule has 1 saturated heterocycles. The second-order valence-corrected chi connectivity index (χ2v) is 6.26. The molecule has 0 atom stereocenters. The first-order valence-electron chi connectivity index (χ1n) is 8.37. The molecule has 1 aliphatic heterocycles. The number of likely N-dealkylation sites (tertiary alicyclic amines) is 1. The Morgan fingerprint density at radius 3 is 2.48 bits per heavy atom. The minimum absolute atomic E-state index is 0. The van der Waals surface area contributed by atoms with Crippen LogP contribution in [0.2, 0.25) is 0 Å². The van der Waals surface area contributed by atoms with Gasteiger partial charge in [0, 0.05) is 32.7 Å². The average molecular weight is 440 g/mol. The van der Waals surface area contributed by atoms with Gasteiger partial charge in [-0.2, -0.15) is 0 Å². The highest BCUT2D eigenvalue weighted by Crippen LogP contribution is 2.11. The summed E-state index contributed by atoms with van der Waals surface area (Å²) in [5.41, 5.74) is 0. The Kier molecular flexibility index (Phi) is 12.3. The van der Waals surface area contributed by atoms with Crippen LogP contribution in [0, 0.1) is 5.92 Å². The normalized spacial score (nSPS) is 16.0. The van der Waals surface area contributed by atoms with Crippen LogP contribution in [-0.2, 0) is 4.74 Å². The van der Waals surface area contributed by atoms with Gasteiger partial charge in [-0.3, -0.25) is 4.99 Å². The van der Waals surface area contributed by atoms with Gasteiger partial charge in [-0.05, 0) is 25.2 Å². The topological polar surface area (TPSA) is 66.0 Å². The fourth-order valence-electron chi connectivity index (χ4n) is 2.61. The Morgan fingerprint density at radius 2 is 1.96 bits per heavy atom. The molecule has 1 heterocycles. The third-order valence-corrected chi connectivity index (χ3v) is 3.99. The van der Waals surface area contributed by atoms with E-state index in [1.54, 1.807) is 11.9 Å². The summed E-state index contributed by atoms with van der Waals surface area (Å²) in [6, 6.07) is 0.364. The van der Waals surface area contributed by atoms with Crippen LogP contribution >= 0.6 is 24.0 Å². The highest BCUT2D eigenvalue weighted by molar-refractivity contribution is 14.0. The third-order valence-electron chi connectivity index (χ3n) is 3.99. The van der Waals surface area contributed by atoms with Crippen molar-refractivity contribution in [1.82, 2.24) is 15.5 Å². The molecule has 0 aromatic rings. The van der Waals surface area contributed by atoms with Crippen LogP contribution in [0.25, 0.3) is 0 Å². The Bertz CT molecular complexity index is 356. The van der Waals surface area contributed by atoms with Crippen LogP contribution in [0.15, 0.2) is 4.99 Å². The standard InChI is InChI=1S/C16H32N4O2.HI/c1-13(2)7-5-6-10-18-15(17-3)19-14-8-11-20(12-9-14)16(21)22-4;/h13-14H,5-12H2,1-4H3,(H2,17,18,19);1H. The number of nitrogens with zero attached hydrogens (tertiary/aromatic N) is 2. The predicted molar refractivity (Wildman–Crippen MR) is 106 cm³/mol. The molecule has 0 spiro atoms. The number of guanidine groups is 1. The van der Waals surface area contributed by atoms with Crippen molar-refractivity contribution in [3.8, 4) is 0 Å². The van der Waals surface area contributed by atoms with E-state index in [4.69, 9.17) is 4.74 Å². The lowest BCUT2D eigenvalue weighted by Crippen LogP contribution is -2.49. The second-order valence-electron chi connectivity index (χ2n) is 6.26. The maximum Gasteiger partial charge on any atom is 0.409 e. The molecule has 2 N–H and O–H groups in total. The largest absolute Gasteiger partial charge is 0.453 e. The lowest BCUT2D eigenvalue weighted by atomic mass is 10.1. The maximum atomic E-state index is 11.4. The number of rotatable bonds is 6. The van der Waals surface area contributed by atoms with Gasteiger partial charge in [0.15, 0.2) is 5.96 Å². The molecule has 0 radical (unpaired) electrons. The molecule has 0 unspecified atom stereocenters. The first-order chi connectivity index (χ1) is 10.6. The number of piperidine rings is 1. The van der Waals surface area contributed by atoms with E-state index >= 15 is 0 Å². The number of ether oxygens (including phenoxy) is 1. The van der Waals surface area contributed by atoms with Gasteiger partial charge in [-0.15, -0.1) is 24.0 Å². The summed E-state index contributed by atoms with van der Waals surface area (Å²) in [6.45, 7) is 6.93. The number of methoxy groups -OCH3 is 1. The number of aliphatic imine (C=N–C) groups is 1. The lowest BCUT2D eigenvalue weighted by molar-refractivity contribution is 0.111. The summed E-state index contributed by atoms with van der Waals surface area (Å²) in [5, 5.41) is 6.81. The van der Waals surface area contributed by atoms with Crippen LogP contribution in [0.4, 0.5) is 4.79 Å². The number of carbonyl (C=O) groups excluding carboxylic acids is 1. The highest BCUT2D eigenvalue weighted by atomic mass is 127. The van der Waals surface area contributed by atoms with Crippen LogP contribution < -0.4 is 10.6 Å². The number of halogens is 1. The van der Waals surface area contributed by atoms with E-state index in [1.165, 1.54) is 26.4 Å². The zero-order valence-corrected chi connectivity index (χ0v) is 17.3. The number of hydrogen-bond donors (Lipinski definition) is 2. The number of hydrogen-bond acceptors (Lipinski definition) is 3. The quantitative estimate of drug-likeness (QED) is 0.289. The van der Waals surface area contributed by atoms with Gasteiger partial charge in [0.2, 0.25) is 0 Å². The van der Waals surface area contributed by atoms with E-state index in [2.05, 4.69) is 29.5 Å². The predicted octanol–water partition coefficient (Wildman–Crippen LogP) is 2.83. The van der Waals surface area contributed by atoms with Crippen molar-refractivity contribution in [3.63, 3.8) is 0 Å². The lowest BCUT2D eigenvalue weighted by Gasteiger charge is -2.32. The molecular weight excluding hydrogens is 407 g/mol. The summed E-state index contributed by atoms with van der Waals surface area (Å²) in [7, 11) is 3.23. The zero-order chi connectivity index (χ0) is 16.4. The van der Waals surface area contributed by atoms with E-state index in [-0.39, 0.29) is 30.1 Å². The molecule has 136 valence electrons. The number of nitrogens with one attached hydrogen (secondary N) is 2. The smallest absolute Gasteiger partial charge is 0.409 e. The van der Waals surface area contributed by atoms with Gasteiger partial charge < -0.3 is 20.3 Å². The van der Waals surface area contributed by atoms with Crippen molar-refractivity contribution >= 4 is 36.0 Å². The van der Waals surface area contributed by atoms with E-state index in [1.807, 2.05) is 0 Å². The third kappa shape index (κ3) is 9.22. The Balaban J connectivity index is 0.00000484. The van der Waals surface area contributed by atoms with E-state index in [0.29, 0.717) is 6.04 Å². The molecule has 1 amide bonds. The Labute approximate surface area is 157 Å². The molecule has 1 aliphatic rings. The molecule has 6 nitrogen and oxygen atoms in total. The minimum atomic E-state index is -0.230. The molecule has 23 heavy (non-hydrogen) atoms. The monoisotopic (exact) mass is 440 g/mol. The van der Waals surface area contributed by atoms with Crippen molar-refractivity contribution in [3.05, 3.63) is 0 Å². The molecule has 0 aromatic heterocycles. The number of unbranched alkanes of at least 4 members (excludes halogenated alkanes) is 1. The number of amides is 1. The zero-order valence-electron chi connectivity index (χ0n) is 14.9. The van der Waals surface area contributed by atoms with E-state index < -0.39 is 0 Å². The number of carbonyl (C=O) groups is 1. The van der Waals surface area contributed by atoms with Crippen molar-refractivity contribution in [2.75, 3.05) is 33.8 Å². The molecule has 7 heteroatoms. The average Bonchev–Trinajstić information content (AvgIpc) is 2.53. The fourth-order valence-corrected chi connectivity index (χ4v) is 2.61. The molecule has 0 bridgehead atoms. The fraction of sp³-hybridized carbons (Fsp3) is 0.875. The van der Waals surface area contributed by atoms with E-state index in [9.17, 15) is 4.79 Å². The Morgan fingerprint density at radius 1 is 1.30 bits per heavy atom. The first kappa shape index (κ1) is 22.3. The molecule has 1 rings (SSSR count). The van der Waals surface area contributed by atoms with Crippen molar-refractivity contribution in [1.29, 1.82) is 0 Å². The second kappa shape index (κ2) is 12.7. The molecule has 0 aromatic carbocycles. The van der Waals surface area contributed by atoms with Gasteiger partial charge >= 0.3 is 6.09 Å². The first-order valence-corrected chi connectivity index (χ1v) is 8.37. The highest BCUT2D eigenvalue weighted by Gasteiger charge is 2.23. The summed E-state index contributed by atoms with van der Waals surface area (Å²) in [4.78, 5) is 17.5. The SMILES string of the molecule is CN=C(NCCCCC(C)C)NC1CCN(C(=O)OC)CC1.I. The molecule has 1 fully saturated rings. The van der Waals surface area contributed by atoms with Gasteiger partial charge in [0.1, 0.15) is 0 Å². The van der Waals surface area contributed by atoms with Gasteiger partial charge in [0.25, 0.3) is 0 Å². The summed E-state index contributed by atoms with van der Waals surface area (Å²) >= 11 is 0. The molecule has 0 aliphatic carbocycles. The minimum Gasteiger partial charge on any atom is -0.453 e. The van der Waals surface area contributed by atoms with Crippen molar-refractivity contribution < 1.29 is 9.53 Å². The van der Waals surface area contributed by atoms with Crippen molar-refractivity contribution in [2.45, 2.75) is 52.0 Å². The van der Waals surface area contributed by atoms with Crippen LogP contribution in [0.1, 0.15) is 46.0 Å². The summed E-state index contributed by atoms with van der Waals surface area (Å²) in [5.74, 6) is 1.64. The van der Waals surface area contributed by atoms with Crippen molar-refractivity contribution in [2.24, 2.45) is 10.9 Å². The van der Waals surface area contributed by atoms with Crippen LogP contribution in [0.3, 0.4) is 0 Å². The van der Waals surface area contributed by atoms with Gasteiger partial charge in [-0.1, -0.05) is 26.7 Å². The molecular formula is C16H33IN4O2.